The van der Waals surface area contributed by atoms with Gasteiger partial charge in [0.2, 0.25) is 5.91 Å². The summed E-state index contributed by atoms with van der Waals surface area (Å²) in [5.41, 5.74) is 3.36. The van der Waals surface area contributed by atoms with Crippen LogP contribution in [0.4, 0.5) is 0 Å². The highest BCUT2D eigenvalue weighted by Crippen LogP contribution is 2.34. The van der Waals surface area contributed by atoms with Gasteiger partial charge in [0.05, 0.1) is 5.57 Å². The topological polar surface area (TPSA) is 55.4 Å². The quantitative estimate of drug-likeness (QED) is 0.871. The first kappa shape index (κ1) is 15.8. The minimum atomic E-state index is -0.278. The van der Waals surface area contributed by atoms with Crippen molar-refractivity contribution in [1.29, 1.82) is 0 Å². The van der Waals surface area contributed by atoms with Gasteiger partial charge < -0.3 is 10.1 Å². The molecule has 0 saturated heterocycles. The van der Waals surface area contributed by atoms with Crippen LogP contribution in [0.5, 0.6) is 0 Å². The monoisotopic (exact) mass is 313 g/mol. The van der Waals surface area contributed by atoms with Crippen molar-refractivity contribution < 1.29 is 14.3 Å². The Hall–Kier alpha value is -2.10. The lowest BCUT2D eigenvalue weighted by atomic mass is 9.84. The van der Waals surface area contributed by atoms with Gasteiger partial charge in [-0.3, -0.25) is 4.79 Å². The minimum absolute atomic E-state index is 0.0269. The van der Waals surface area contributed by atoms with Crippen molar-refractivity contribution in [2.24, 2.45) is 0 Å². The fraction of sp³-hybridized carbons (Fsp3) is 0.474. The van der Waals surface area contributed by atoms with Crippen molar-refractivity contribution >= 4 is 11.9 Å². The van der Waals surface area contributed by atoms with Crippen LogP contribution in [0.3, 0.4) is 0 Å². The fourth-order valence-corrected chi connectivity index (χ4v) is 3.48. The Morgan fingerprint density at radius 3 is 2.43 bits per heavy atom. The summed E-state index contributed by atoms with van der Waals surface area (Å²) in [6.45, 7) is 3.80. The minimum Gasteiger partial charge on any atom is -0.459 e. The lowest BCUT2D eigenvalue weighted by Crippen LogP contribution is -2.35. The van der Waals surface area contributed by atoms with E-state index >= 15 is 0 Å². The first-order valence-electron chi connectivity index (χ1n) is 8.33. The molecular weight excluding hydrogens is 290 g/mol. The van der Waals surface area contributed by atoms with E-state index in [9.17, 15) is 9.59 Å². The molecule has 0 aromatic heterocycles. The second-order valence-corrected chi connectivity index (χ2v) is 6.57. The zero-order chi connectivity index (χ0) is 16.4. The Bertz CT molecular complexity index is 639. The van der Waals surface area contributed by atoms with Gasteiger partial charge in [0, 0.05) is 18.0 Å². The van der Waals surface area contributed by atoms with Crippen molar-refractivity contribution in [3.63, 3.8) is 0 Å². The number of amides is 1. The highest BCUT2D eigenvalue weighted by molar-refractivity contribution is 5.95. The summed E-state index contributed by atoms with van der Waals surface area (Å²) in [5, 5.41) is 2.79. The van der Waals surface area contributed by atoms with Crippen molar-refractivity contribution in [3.8, 4) is 0 Å². The third kappa shape index (κ3) is 3.46. The lowest BCUT2D eigenvalue weighted by molar-refractivity contribution is -0.144. The smallest absolute Gasteiger partial charge is 0.336 e. The summed E-state index contributed by atoms with van der Waals surface area (Å²) in [5.74, 6) is -0.552. The molecule has 0 bridgehead atoms. The molecule has 1 heterocycles. The number of carbonyl (C=O) groups is 2. The van der Waals surface area contributed by atoms with Crippen LogP contribution in [0.1, 0.15) is 56.1 Å². The Morgan fingerprint density at radius 2 is 1.78 bits per heavy atom. The molecule has 1 aliphatic carbocycles. The lowest BCUT2D eigenvalue weighted by Gasteiger charge is -2.27. The molecule has 1 aromatic rings. The number of allylic oxidation sites excluding steroid dienone is 1. The average Bonchev–Trinajstić information content (AvgIpc) is 3.00. The highest BCUT2D eigenvalue weighted by atomic mass is 16.5. The number of nitrogens with one attached hydrogen (secondary N) is 1. The van der Waals surface area contributed by atoms with Crippen molar-refractivity contribution in [1.82, 2.24) is 5.32 Å². The predicted octanol–water partition coefficient (Wildman–Crippen LogP) is 3.36. The van der Waals surface area contributed by atoms with E-state index in [2.05, 4.69) is 5.32 Å². The molecule has 1 saturated carbocycles. The number of carbonyl (C=O) groups excluding carboxylic acids is 2. The molecule has 1 N–H and O–H groups in total. The Morgan fingerprint density at radius 1 is 1.13 bits per heavy atom. The molecule has 0 spiro atoms. The van der Waals surface area contributed by atoms with Gasteiger partial charge in [0.1, 0.15) is 6.10 Å². The third-order valence-electron chi connectivity index (χ3n) is 4.74. The van der Waals surface area contributed by atoms with Gasteiger partial charge in [-0.25, -0.2) is 4.79 Å². The molecule has 122 valence electrons. The van der Waals surface area contributed by atoms with E-state index in [4.69, 9.17) is 4.74 Å². The highest BCUT2D eigenvalue weighted by Gasteiger charge is 2.34. The summed E-state index contributed by atoms with van der Waals surface area (Å²) in [4.78, 5) is 24.6. The van der Waals surface area contributed by atoms with E-state index in [1.807, 2.05) is 31.2 Å². The Labute approximate surface area is 136 Å². The van der Waals surface area contributed by atoms with Crippen LogP contribution in [-0.4, -0.2) is 18.0 Å². The fourth-order valence-electron chi connectivity index (χ4n) is 3.48. The van der Waals surface area contributed by atoms with Gasteiger partial charge in [-0.15, -0.1) is 0 Å². The van der Waals surface area contributed by atoms with E-state index in [0.29, 0.717) is 11.3 Å². The summed E-state index contributed by atoms with van der Waals surface area (Å²) in [7, 11) is 0. The average molecular weight is 313 g/mol. The second-order valence-electron chi connectivity index (χ2n) is 6.57. The van der Waals surface area contributed by atoms with E-state index in [1.54, 1.807) is 6.92 Å². The van der Waals surface area contributed by atoms with Gasteiger partial charge in [0.25, 0.3) is 0 Å². The molecule has 2 aliphatic rings. The molecule has 1 amide bonds. The molecule has 1 atom stereocenters. The van der Waals surface area contributed by atoms with Crippen LogP contribution < -0.4 is 5.32 Å². The first-order valence-corrected chi connectivity index (χ1v) is 8.33. The SMILES string of the molecule is CC1=C(C(=O)OC2CCCC2)[C@H](c2ccc(C)cc2)CC(=O)N1. The molecule has 4 heteroatoms. The van der Waals surface area contributed by atoms with Crippen molar-refractivity contribution in [2.45, 2.75) is 58.0 Å². The van der Waals surface area contributed by atoms with E-state index in [-0.39, 0.29) is 30.3 Å². The largest absolute Gasteiger partial charge is 0.459 e. The number of hydrogen-bond donors (Lipinski definition) is 1. The molecule has 0 radical (unpaired) electrons. The third-order valence-corrected chi connectivity index (χ3v) is 4.74. The Kier molecular flexibility index (Phi) is 4.51. The Balaban J connectivity index is 1.88. The maximum atomic E-state index is 12.7. The zero-order valence-electron chi connectivity index (χ0n) is 13.7. The maximum absolute atomic E-state index is 12.7. The van der Waals surface area contributed by atoms with Crippen LogP contribution in [0.2, 0.25) is 0 Å². The summed E-state index contributed by atoms with van der Waals surface area (Å²) in [6, 6.07) is 8.01. The van der Waals surface area contributed by atoms with Gasteiger partial charge in [-0.05, 0) is 45.1 Å². The molecule has 4 nitrogen and oxygen atoms in total. The van der Waals surface area contributed by atoms with Crippen LogP contribution in [0, 0.1) is 6.92 Å². The number of esters is 1. The summed E-state index contributed by atoms with van der Waals surface area (Å²) in [6.07, 6.45) is 4.44. The second kappa shape index (κ2) is 6.57. The van der Waals surface area contributed by atoms with Crippen molar-refractivity contribution in [3.05, 3.63) is 46.7 Å². The molecule has 0 unspecified atom stereocenters. The number of ether oxygens (including phenoxy) is 1. The molecule has 3 rings (SSSR count). The first-order chi connectivity index (χ1) is 11.0. The van der Waals surface area contributed by atoms with Gasteiger partial charge in [-0.1, -0.05) is 29.8 Å². The maximum Gasteiger partial charge on any atom is 0.336 e. The summed E-state index contributed by atoms with van der Waals surface area (Å²) >= 11 is 0. The standard InChI is InChI=1S/C19H23NO3/c1-12-7-9-14(10-8-12)16-11-17(21)20-13(2)18(16)19(22)23-15-5-3-4-6-15/h7-10,15-16H,3-6,11H2,1-2H3,(H,20,21)/t16-/m0/s1. The van der Waals surface area contributed by atoms with Crippen LogP contribution in [0.15, 0.2) is 35.5 Å². The number of hydrogen-bond acceptors (Lipinski definition) is 3. The van der Waals surface area contributed by atoms with Crippen LogP contribution in [0.25, 0.3) is 0 Å². The molecule has 1 aliphatic heterocycles. The number of benzene rings is 1. The molecule has 23 heavy (non-hydrogen) atoms. The van der Waals surface area contributed by atoms with E-state index < -0.39 is 0 Å². The van der Waals surface area contributed by atoms with Gasteiger partial charge >= 0.3 is 5.97 Å². The van der Waals surface area contributed by atoms with E-state index in [1.165, 1.54) is 0 Å². The number of rotatable bonds is 3. The molecule has 1 fully saturated rings. The van der Waals surface area contributed by atoms with Gasteiger partial charge in [-0.2, -0.15) is 0 Å². The molecular formula is C19H23NO3. The zero-order valence-corrected chi connectivity index (χ0v) is 13.7. The summed E-state index contributed by atoms with van der Waals surface area (Å²) < 4.78 is 5.68. The van der Waals surface area contributed by atoms with Gasteiger partial charge in [0.15, 0.2) is 0 Å². The predicted molar refractivity (Wildman–Crippen MR) is 87.7 cm³/mol. The van der Waals surface area contributed by atoms with Crippen LogP contribution in [-0.2, 0) is 14.3 Å². The number of aryl methyl sites for hydroxylation is 1. The van der Waals surface area contributed by atoms with Crippen LogP contribution >= 0.6 is 0 Å². The van der Waals surface area contributed by atoms with E-state index in [0.717, 1.165) is 36.8 Å². The normalized spacial score (nSPS) is 22.2. The molecule has 1 aromatic carbocycles. The van der Waals surface area contributed by atoms with Crippen molar-refractivity contribution in [2.75, 3.05) is 0 Å².